The molecule has 1 aliphatic heterocycles. The maximum absolute atomic E-state index is 13.8. The van der Waals surface area contributed by atoms with Crippen LogP contribution in [-0.4, -0.2) is 29.3 Å². The van der Waals surface area contributed by atoms with Gasteiger partial charge in [-0.15, -0.1) is 0 Å². The van der Waals surface area contributed by atoms with Crippen LogP contribution in [-0.2, 0) is 16.1 Å². The molecule has 1 N–H and O–H groups in total. The quantitative estimate of drug-likeness (QED) is 0.643. The molecule has 30 heavy (non-hydrogen) atoms. The summed E-state index contributed by atoms with van der Waals surface area (Å²) in [4.78, 5) is 27.7. The molecular formula is C23H23ClF2N2O2. The van der Waals surface area contributed by atoms with Gasteiger partial charge in [-0.2, -0.15) is 0 Å². The molecule has 0 radical (unpaired) electrons. The normalized spacial score (nSPS) is 16.4. The summed E-state index contributed by atoms with van der Waals surface area (Å²) in [7, 11) is 0. The maximum Gasteiger partial charge on any atom is 0.255 e. The molecule has 1 aliphatic rings. The maximum atomic E-state index is 13.8. The topological polar surface area (TPSA) is 49.4 Å². The van der Waals surface area contributed by atoms with Gasteiger partial charge < -0.3 is 10.2 Å². The summed E-state index contributed by atoms with van der Waals surface area (Å²) in [5.41, 5.74) is 1.38. The van der Waals surface area contributed by atoms with Crippen molar-refractivity contribution in [3.05, 3.63) is 75.8 Å². The first-order chi connectivity index (χ1) is 14.3. The number of amides is 2. The summed E-state index contributed by atoms with van der Waals surface area (Å²) in [6.07, 6.45) is 1.72. The number of carbonyl (C=O) groups is 2. The molecule has 2 aromatic rings. The lowest BCUT2D eigenvalue weighted by Crippen LogP contribution is -2.46. The van der Waals surface area contributed by atoms with E-state index in [2.05, 4.69) is 5.32 Å². The van der Waals surface area contributed by atoms with Gasteiger partial charge in [0, 0.05) is 29.8 Å². The Balaban J connectivity index is 2.01. The fraction of sp³-hybridized carbons (Fsp3) is 0.304. The fourth-order valence-electron chi connectivity index (χ4n) is 3.65. The third-order valence-corrected chi connectivity index (χ3v) is 5.49. The zero-order chi connectivity index (χ0) is 21.8. The van der Waals surface area contributed by atoms with E-state index in [-0.39, 0.29) is 23.6 Å². The average Bonchev–Trinajstić information content (AvgIpc) is 2.92. The number of rotatable bonds is 7. The van der Waals surface area contributed by atoms with Crippen molar-refractivity contribution in [1.82, 2.24) is 10.2 Å². The Morgan fingerprint density at radius 2 is 1.83 bits per heavy atom. The fourth-order valence-corrected chi connectivity index (χ4v) is 3.84. The van der Waals surface area contributed by atoms with Gasteiger partial charge in [0.15, 0.2) is 0 Å². The van der Waals surface area contributed by atoms with Crippen molar-refractivity contribution >= 4 is 29.0 Å². The molecule has 0 bridgehead atoms. The molecule has 2 aromatic carbocycles. The molecule has 0 aliphatic carbocycles. The van der Waals surface area contributed by atoms with Crippen LogP contribution in [0.3, 0.4) is 0 Å². The standard InChI is InChI=1S/C23H23ClF2N2O2/c1-3-4-9-27-22(29)21-14(2)20(16-10-17(25)12-18(26)11-16)23(30)28(21)13-15-7-5-6-8-19(15)24/h5-8,10-12,21H,3-4,9,13H2,1-2H3,(H,27,29). The first-order valence-corrected chi connectivity index (χ1v) is 10.2. The van der Waals surface area contributed by atoms with Gasteiger partial charge >= 0.3 is 0 Å². The molecule has 0 saturated heterocycles. The Hall–Kier alpha value is -2.73. The molecule has 0 saturated carbocycles. The van der Waals surface area contributed by atoms with E-state index < -0.39 is 23.6 Å². The van der Waals surface area contributed by atoms with Crippen LogP contribution >= 0.6 is 11.6 Å². The van der Waals surface area contributed by atoms with Gasteiger partial charge in [-0.25, -0.2) is 8.78 Å². The second-order valence-electron chi connectivity index (χ2n) is 7.29. The van der Waals surface area contributed by atoms with E-state index in [0.717, 1.165) is 31.0 Å². The highest BCUT2D eigenvalue weighted by molar-refractivity contribution is 6.31. The van der Waals surface area contributed by atoms with Crippen LogP contribution in [0.25, 0.3) is 5.57 Å². The molecule has 158 valence electrons. The second kappa shape index (κ2) is 9.39. The van der Waals surface area contributed by atoms with E-state index in [0.29, 0.717) is 22.7 Å². The van der Waals surface area contributed by atoms with Crippen LogP contribution in [0.4, 0.5) is 8.78 Å². The monoisotopic (exact) mass is 432 g/mol. The SMILES string of the molecule is CCCCNC(=O)C1C(C)=C(c2cc(F)cc(F)c2)C(=O)N1Cc1ccccc1Cl. The Morgan fingerprint density at radius 3 is 2.47 bits per heavy atom. The molecule has 0 fully saturated rings. The van der Waals surface area contributed by atoms with E-state index in [1.807, 2.05) is 6.92 Å². The molecule has 1 atom stereocenters. The van der Waals surface area contributed by atoms with Crippen LogP contribution in [0, 0.1) is 11.6 Å². The minimum Gasteiger partial charge on any atom is -0.354 e. The Bertz CT molecular complexity index is 986. The van der Waals surface area contributed by atoms with Gasteiger partial charge in [-0.3, -0.25) is 9.59 Å². The number of nitrogens with zero attached hydrogens (tertiary/aromatic N) is 1. The highest BCUT2D eigenvalue weighted by Crippen LogP contribution is 2.35. The summed E-state index contributed by atoms with van der Waals surface area (Å²) >= 11 is 6.26. The third kappa shape index (κ3) is 4.54. The first-order valence-electron chi connectivity index (χ1n) is 9.82. The number of benzene rings is 2. The van der Waals surface area contributed by atoms with E-state index in [1.54, 1.807) is 31.2 Å². The Morgan fingerprint density at radius 1 is 1.17 bits per heavy atom. The smallest absolute Gasteiger partial charge is 0.255 e. The zero-order valence-corrected chi connectivity index (χ0v) is 17.6. The van der Waals surface area contributed by atoms with Crippen molar-refractivity contribution in [3.63, 3.8) is 0 Å². The molecule has 0 aromatic heterocycles. The van der Waals surface area contributed by atoms with Crippen molar-refractivity contribution in [2.24, 2.45) is 0 Å². The van der Waals surface area contributed by atoms with Crippen LogP contribution < -0.4 is 5.32 Å². The lowest BCUT2D eigenvalue weighted by molar-refractivity contribution is -0.134. The van der Waals surface area contributed by atoms with E-state index in [9.17, 15) is 18.4 Å². The Labute approximate surface area is 179 Å². The average molecular weight is 433 g/mol. The third-order valence-electron chi connectivity index (χ3n) is 5.12. The van der Waals surface area contributed by atoms with Crippen LogP contribution in [0.15, 0.2) is 48.0 Å². The largest absolute Gasteiger partial charge is 0.354 e. The predicted molar refractivity (Wildman–Crippen MR) is 113 cm³/mol. The number of hydrogen-bond acceptors (Lipinski definition) is 2. The van der Waals surface area contributed by atoms with Gasteiger partial charge in [-0.05, 0) is 48.2 Å². The molecule has 3 rings (SSSR count). The van der Waals surface area contributed by atoms with Gasteiger partial charge in [0.2, 0.25) is 5.91 Å². The van der Waals surface area contributed by atoms with E-state index >= 15 is 0 Å². The number of halogens is 3. The lowest BCUT2D eigenvalue weighted by atomic mass is 9.99. The minimum atomic E-state index is -0.882. The number of nitrogens with one attached hydrogen (secondary N) is 1. The van der Waals surface area contributed by atoms with Gasteiger partial charge in [0.1, 0.15) is 17.7 Å². The number of unbranched alkanes of at least 4 members (excludes halogenated alkanes) is 1. The highest BCUT2D eigenvalue weighted by Gasteiger charge is 2.41. The Kier molecular flexibility index (Phi) is 6.87. The van der Waals surface area contributed by atoms with Crippen LogP contribution in [0.5, 0.6) is 0 Å². The van der Waals surface area contributed by atoms with Gasteiger partial charge in [-0.1, -0.05) is 43.1 Å². The molecule has 2 amide bonds. The minimum absolute atomic E-state index is 0.100. The second-order valence-corrected chi connectivity index (χ2v) is 7.69. The van der Waals surface area contributed by atoms with Gasteiger partial charge in [0.25, 0.3) is 5.91 Å². The predicted octanol–water partition coefficient (Wildman–Crippen LogP) is 4.72. The summed E-state index contributed by atoms with van der Waals surface area (Å²) < 4.78 is 27.6. The number of carbonyl (C=O) groups excluding carboxylic acids is 2. The molecular weight excluding hydrogens is 410 g/mol. The van der Waals surface area contributed by atoms with E-state index in [1.165, 1.54) is 4.90 Å². The van der Waals surface area contributed by atoms with Crippen molar-refractivity contribution in [1.29, 1.82) is 0 Å². The van der Waals surface area contributed by atoms with Crippen LogP contribution in [0.2, 0.25) is 5.02 Å². The van der Waals surface area contributed by atoms with E-state index in [4.69, 9.17) is 11.6 Å². The molecule has 7 heteroatoms. The lowest BCUT2D eigenvalue weighted by Gasteiger charge is -2.26. The van der Waals surface area contributed by atoms with Crippen molar-refractivity contribution in [3.8, 4) is 0 Å². The first kappa shape index (κ1) is 22.0. The zero-order valence-electron chi connectivity index (χ0n) is 16.8. The van der Waals surface area contributed by atoms with Crippen molar-refractivity contribution in [2.45, 2.75) is 39.3 Å². The van der Waals surface area contributed by atoms with Gasteiger partial charge in [0.05, 0.1) is 0 Å². The highest BCUT2D eigenvalue weighted by atomic mass is 35.5. The molecule has 1 heterocycles. The summed E-state index contributed by atoms with van der Waals surface area (Å²) in [6.45, 7) is 4.24. The molecule has 1 unspecified atom stereocenters. The van der Waals surface area contributed by atoms with Crippen molar-refractivity contribution in [2.75, 3.05) is 6.54 Å². The molecule has 4 nitrogen and oxygen atoms in total. The number of hydrogen-bond donors (Lipinski definition) is 1. The summed E-state index contributed by atoms with van der Waals surface area (Å²) in [6, 6.07) is 9.11. The van der Waals surface area contributed by atoms with Crippen LogP contribution in [0.1, 0.15) is 37.8 Å². The molecule has 0 spiro atoms. The summed E-state index contributed by atoms with van der Waals surface area (Å²) in [5, 5.41) is 3.32. The summed E-state index contributed by atoms with van der Waals surface area (Å²) in [5.74, 6) is -2.36. The van der Waals surface area contributed by atoms with Crippen molar-refractivity contribution < 1.29 is 18.4 Å².